The largest absolute Gasteiger partial charge is 1.00 e. The summed E-state index contributed by atoms with van der Waals surface area (Å²) in [6.07, 6.45) is 16.9. The van der Waals surface area contributed by atoms with Gasteiger partial charge in [-0.25, -0.2) is 0 Å². The Balaban J connectivity index is 0. The Hall–Kier alpha value is 0.0900. The van der Waals surface area contributed by atoms with E-state index in [4.69, 9.17) is 5.26 Å². The molecule has 0 unspecified atom stereocenters. The van der Waals surface area contributed by atoms with E-state index >= 15 is 0 Å². The van der Waals surface area contributed by atoms with Crippen LogP contribution in [0, 0.1) is 10.7 Å². The van der Waals surface area contributed by atoms with E-state index in [9.17, 15) is 0 Å². The summed E-state index contributed by atoms with van der Waals surface area (Å²) in [5.74, 6) is 0.911. The zero-order chi connectivity index (χ0) is 15.8. The lowest BCUT2D eigenvalue weighted by Crippen LogP contribution is -3.00. The number of hydrogen-bond donors (Lipinski definition) is 0. The van der Waals surface area contributed by atoms with Gasteiger partial charge in [-0.2, -0.15) is 5.26 Å². The van der Waals surface area contributed by atoms with Crippen LogP contribution >= 0.6 is 11.8 Å². The molecule has 0 aliphatic rings. The quantitative estimate of drug-likeness (QED) is 0.197. The van der Waals surface area contributed by atoms with Crippen LogP contribution in [-0.4, -0.2) is 31.0 Å². The Kier molecular flexibility index (Phi) is 19.3. The minimum absolute atomic E-state index is 0. The molecule has 0 radical (unpaired) electrons. The predicted octanol–water partition coefficient (Wildman–Crippen LogP) is 2.94. The predicted molar refractivity (Wildman–Crippen MR) is 96.1 cm³/mol. The number of halogens is 1. The second-order valence-electron chi connectivity index (χ2n) is 6.91. The van der Waals surface area contributed by atoms with E-state index in [0.29, 0.717) is 0 Å². The molecule has 0 fully saturated rings. The smallest absolute Gasteiger partial charge is 0.139 e. The number of rotatable bonds is 15. The van der Waals surface area contributed by atoms with E-state index in [-0.39, 0.29) is 12.4 Å². The minimum Gasteiger partial charge on any atom is -1.00 e. The van der Waals surface area contributed by atoms with Crippen LogP contribution in [-0.2, 0) is 0 Å². The highest BCUT2D eigenvalue weighted by molar-refractivity contribution is 8.03. The molecule has 0 aliphatic heterocycles. The van der Waals surface area contributed by atoms with Crippen LogP contribution in [0.25, 0.3) is 0 Å². The van der Waals surface area contributed by atoms with Crippen molar-refractivity contribution in [1.29, 1.82) is 5.26 Å². The second kappa shape index (κ2) is 17.4. The van der Waals surface area contributed by atoms with Gasteiger partial charge in [0.25, 0.3) is 0 Å². The molecule has 22 heavy (non-hydrogen) atoms. The van der Waals surface area contributed by atoms with E-state index in [1.165, 1.54) is 95.4 Å². The van der Waals surface area contributed by atoms with Crippen molar-refractivity contribution in [2.24, 2.45) is 0 Å². The molecule has 0 aliphatic carbocycles. The van der Waals surface area contributed by atoms with Gasteiger partial charge in [0.15, 0.2) is 0 Å². The first kappa shape index (κ1) is 24.3. The molecule has 132 valence electrons. The van der Waals surface area contributed by atoms with Crippen molar-refractivity contribution in [2.45, 2.75) is 84.0 Å². The summed E-state index contributed by atoms with van der Waals surface area (Å²) in [7, 11) is 4.45. The van der Waals surface area contributed by atoms with Crippen LogP contribution in [0.1, 0.15) is 84.0 Å². The van der Waals surface area contributed by atoms with E-state index in [2.05, 4.69) is 26.4 Å². The number of thioether (sulfide) groups is 1. The lowest BCUT2D eigenvalue weighted by atomic mass is 10.1. The molecule has 0 aromatic carbocycles. The number of nitriles is 1. The van der Waals surface area contributed by atoms with Gasteiger partial charge in [0.2, 0.25) is 0 Å². The first-order valence-electron chi connectivity index (χ1n) is 8.95. The molecular formula is C18H37ClN2S. The van der Waals surface area contributed by atoms with Gasteiger partial charge in [-0.05, 0) is 12.8 Å². The topological polar surface area (TPSA) is 23.8 Å². The molecule has 0 rings (SSSR count). The molecule has 0 saturated heterocycles. The maximum absolute atomic E-state index is 8.61. The van der Waals surface area contributed by atoms with Gasteiger partial charge in [-0.15, -0.1) is 0 Å². The van der Waals surface area contributed by atoms with E-state index in [1.54, 1.807) is 0 Å². The maximum atomic E-state index is 8.61. The zero-order valence-electron chi connectivity index (χ0n) is 15.1. The van der Waals surface area contributed by atoms with E-state index < -0.39 is 0 Å². The summed E-state index contributed by atoms with van der Waals surface area (Å²) in [6.45, 7) is 3.48. The maximum Gasteiger partial charge on any atom is 0.139 e. The molecule has 0 heterocycles. The number of thiocyanates is 1. The van der Waals surface area contributed by atoms with Crippen molar-refractivity contribution in [3.05, 3.63) is 0 Å². The first-order chi connectivity index (χ1) is 10.1. The Morgan fingerprint density at radius 1 is 0.773 bits per heavy atom. The van der Waals surface area contributed by atoms with Crippen molar-refractivity contribution in [3.63, 3.8) is 0 Å². The summed E-state index contributed by atoms with van der Waals surface area (Å²) in [6, 6.07) is 0. The average molecular weight is 349 g/mol. The first-order valence-corrected chi connectivity index (χ1v) is 9.94. The van der Waals surface area contributed by atoms with Gasteiger partial charge in [-0.1, -0.05) is 71.1 Å². The summed E-state index contributed by atoms with van der Waals surface area (Å²) >= 11 is 1.38. The minimum atomic E-state index is 0. The molecule has 0 spiro atoms. The van der Waals surface area contributed by atoms with Crippen molar-refractivity contribution in [1.82, 2.24) is 0 Å². The van der Waals surface area contributed by atoms with Crippen LogP contribution < -0.4 is 12.4 Å². The molecule has 4 heteroatoms. The molecule has 0 atom stereocenters. The second-order valence-corrected chi connectivity index (χ2v) is 7.64. The normalized spacial score (nSPS) is 11.0. The Bertz CT molecular complexity index is 264. The number of hydrogen-bond acceptors (Lipinski definition) is 2. The zero-order valence-corrected chi connectivity index (χ0v) is 16.7. The van der Waals surface area contributed by atoms with Crippen molar-refractivity contribution < 1.29 is 16.9 Å². The highest BCUT2D eigenvalue weighted by atomic mass is 35.5. The molecule has 2 nitrogen and oxygen atoms in total. The Morgan fingerprint density at radius 2 is 1.18 bits per heavy atom. The third kappa shape index (κ3) is 18.1. The molecule has 0 aromatic rings. The standard InChI is InChI=1S/C18H37N2S.ClH/c1-4-5-6-7-8-9-10-11-12-13-14-15-16-20(2,3)18-21-17-19;/h4-16,18H2,1-3H3;1H/q+1;/p-1. The van der Waals surface area contributed by atoms with Gasteiger partial charge >= 0.3 is 0 Å². The summed E-state index contributed by atoms with van der Waals surface area (Å²) in [5.41, 5.74) is 0. The molecular weight excluding hydrogens is 312 g/mol. The monoisotopic (exact) mass is 348 g/mol. The SMILES string of the molecule is CCCCCCCCCCCCCC[N+](C)(C)CSC#N.[Cl-]. The van der Waals surface area contributed by atoms with Crippen LogP contribution in [0.4, 0.5) is 0 Å². The fourth-order valence-corrected chi connectivity index (χ4v) is 3.19. The highest BCUT2D eigenvalue weighted by Crippen LogP contribution is 2.13. The highest BCUT2D eigenvalue weighted by Gasteiger charge is 2.13. The summed E-state index contributed by atoms with van der Waals surface area (Å²) in [4.78, 5) is 0. The Labute approximate surface area is 150 Å². The van der Waals surface area contributed by atoms with Gasteiger partial charge in [0, 0.05) is 11.8 Å². The van der Waals surface area contributed by atoms with Crippen LogP contribution in [0.5, 0.6) is 0 Å². The summed E-state index contributed by atoms with van der Waals surface area (Å²) < 4.78 is 0.968. The molecule has 0 saturated carbocycles. The van der Waals surface area contributed by atoms with Gasteiger partial charge < -0.3 is 16.9 Å². The molecule has 0 amide bonds. The Morgan fingerprint density at radius 3 is 1.59 bits per heavy atom. The van der Waals surface area contributed by atoms with Crippen molar-refractivity contribution >= 4 is 11.8 Å². The molecule has 0 bridgehead atoms. The van der Waals surface area contributed by atoms with Crippen LogP contribution in [0.3, 0.4) is 0 Å². The lowest BCUT2D eigenvalue weighted by molar-refractivity contribution is -0.877. The van der Waals surface area contributed by atoms with Gasteiger partial charge in [-0.3, -0.25) is 0 Å². The van der Waals surface area contributed by atoms with E-state index in [0.717, 1.165) is 10.4 Å². The van der Waals surface area contributed by atoms with E-state index in [1.807, 2.05) is 0 Å². The fraction of sp³-hybridized carbons (Fsp3) is 0.944. The van der Waals surface area contributed by atoms with Gasteiger partial charge in [0.05, 0.1) is 20.6 Å². The number of quaternary nitrogens is 1. The third-order valence-electron chi connectivity index (χ3n) is 4.10. The summed E-state index contributed by atoms with van der Waals surface area (Å²) in [5, 5.41) is 10.8. The fourth-order valence-electron chi connectivity index (χ4n) is 2.65. The molecule has 0 N–H and O–H groups in total. The van der Waals surface area contributed by atoms with Crippen molar-refractivity contribution in [2.75, 3.05) is 26.5 Å². The van der Waals surface area contributed by atoms with Crippen LogP contribution in [0.2, 0.25) is 0 Å². The number of unbranched alkanes of at least 4 members (excludes halogenated alkanes) is 11. The van der Waals surface area contributed by atoms with Crippen molar-refractivity contribution in [3.8, 4) is 5.40 Å². The average Bonchev–Trinajstić information content (AvgIpc) is 2.46. The van der Waals surface area contributed by atoms with Gasteiger partial charge in [0.1, 0.15) is 11.3 Å². The lowest BCUT2D eigenvalue weighted by Gasteiger charge is -2.28. The number of nitrogens with zero attached hydrogens (tertiary/aromatic N) is 2. The third-order valence-corrected chi connectivity index (χ3v) is 5.05. The van der Waals surface area contributed by atoms with Crippen LogP contribution in [0.15, 0.2) is 0 Å². The molecule has 0 aromatic heterocycles.